The molecule has 220 valence electrons. The molecule has 0 spiro atoms. The SMILES string of the molecule is C=C(C)C(=O)O.C=C(C)C(=O)O.OC12C(F)(F)C3(O)C(F)(F)C(F)(C1(F)F)C(F)(F)C(F)(C2(F)F)C3(F)F. The summed E-state index contributed by atoms with van der Waals surface area (Å²) in [6.45, 7) is 9.20. The van der Waals surface area contributed by atoms with E-state index in [9.17, 15) is 71.1 Å². The zero-order valence-electron chi connectivity index (χ0n) is 18.3. The van der Waals surface area contributed by atoms with Gasteiger partial charge in [-0.05, 0) is 13.8 Å². The Morgan fingerprint density at radius 3 is 0.763 bits per heavy atom. The predicted molar refractivity (Wildman–Crippen MR) is 92.2 cm³/mol. The first kappa shape index (κ1) is 33.4. The number of aliphatic carboxylic acids is 2. The molecule has 20 heteroatoms. The molecule has 0 amide bonds. The summed E-state index contributed by atoms with van der Waals surface area (Å²) in [5, 5.41) is 33.8. The lowest BCUT2D eigenvalue weighted by atomic mass is 9.39. The van der Waals surface area contributed by atoms with Crippen LogP contribution >= 0.6 is 0 Å². The van der Waals surface area contributed by atoms with Gasteiger partial charge in [0.1, 0.15) is 0 Å². The van der Waals surface area contributed by atoms with Gasteiger partial charge in [-0.1, -0.05) is 13.2 Å². The molecule has 6 nitrogen and oxygen atoms in total. The molecule has 0 unspecified atom stereocenters. The third-order valence-electron chi connectivity index (χ3n) is 6.05. The van der Waals surface area contributed by atoms with Crippen molar-refractivity contribution in [1.29, 1.82) is 0 Å². The van der Waals surface area contributed by atoms with Crippen molar-refractivity contribution in [2.75, 3.05) is 0 Å². The molecule has 0 radical (unpaired) electrons. The van der Waals surface area contributed by atoms with Gasteiger partial charge in [-0.25, -0.2) is 18.4 Å². The van der Waals surface area contributed by atoms with Crippen LogP contribution in [0.4, 0.5) is 61.5 Å². The van der Waals surface area contributed by atoms with E-state index in [0.717, 1.165) is 0 Å². The van der Waals surface area contributed by atoms with Gasteiger partial charge < -0.3 is 20.4 Å². The molecule has 4 aliphatic carbocycles. The van der Waals surface area contributed by atoms with Crippen LogP contribution < -0.4 is 0 Å². The quantitative estimate of drug-likeness (QED) is 0.285. The van der Waals surface area contributed by atoms with E-state index in [-0.39, 0.29) is 11.1 Å². The van der Waals surface area contributed by atoms with E-state index in [2.05, 4.69) is 13.2 Å². The summed E-state index contributed by atoms with van der Waals surface area (Å²) in [6.07, 6.45) is 0. The number of hydrogen-bond acceptors (Lipinski definition) is 4. The van der Waals surface area contributed by atoms with Gasteiger partial charge in [0.25, 0.3) is 11.2 Å². The number of rotatable bonds is 2. The molecule has 38 heavy (non-hydrogen) atoms. The second kappa shape index (κ2) is 7.95. The lowest BCUT2D eigenvalue weighted by Crippen LogP contribution is -3.10. The van der Waals surface area contributed by atoms with E-state index >= 15 is 0 Å². The van der Waals surface area contributed by atoms with Crippen LogP contribution in [0.2, 0.25) is 0 Å². The first-order chi connectivity index (χ1) is 16.3. The van der Waals surface area contributed by atoms with Crippen molar-refractivity contribution in [3.63, 3.8) is 0 Å². The van der Waals surface area contributed by atoms with Gasteiger partial charge in [0.2, 0.25) is 0 Å². The first-order valence-electron chi connectivity index (χ1n) is 9.16. The highest BCUT2D eigenvalue weighted by Gasteiger charge is 3.22. The minimum absolute atomic E-state index is 0.176. The van der Waals surface area contributed by atoms with Crippen molar-refractivity contribution < 1.29 is 91.5 Å². The molecule has 4 rings (SSSR count). The highest BCUT2D eigenvalue weighted by Crippen LogP contribution is 2.87. The molecule has 4 bridgehead atoms. The van der Waals surface area contributed by atoms with Gasteiger partial charge in [-0.2, -0.15) is 52.7 Å². The minimum Gasteiger partial charge on any atom is -0.478 e. The number of hydrogen-bond donors (Lipinski definition) is 4. The smallest absolute Gasteiger partial charge is 0.339 e. The van der Waals surface area contributed by atoms with Gasteiger partial charge in [-0.15, -0.1) is 0 Å². The average molecular weight is 592 g/mol. The molecule has 0 atom stereocenters. The molecule has 4 saturated carbocycles. The van der Waals surface area contributed by atoms with Gasteiger partial charge in [-0.3, -0.25) is 0 Å². The predicted octanol–water partition coefficient (Wildman–Crippen LogP) is 4.01. The summed E-state index contributed by atoms with van der Waals surface area (Å²) in [5.74, 6) is -47.5. The van der Waals surface area contributed by atoms with E-state index in [1.165, 1.54) is 13.8 Å². The Balaban J connectivity index is 0.000000503. The molecule has 4 fully saturated rings. The molecule has 0 aliphatic heterocycles. The number of carboxylic acids is 2. The standard InChI is InChI=1S/C10H2F14O2.2C4H6O2/c11-1-5(13,14)2(12)8(19,20)3(25,6(1,15)16)10(23,24)4(26,7(1,17)18)9(2,21)22;2*1-3(2)4(5)6/h25-26H;2*1H2,2H3,(H,5,6). The van der Waals surface area contributed by atoms with Crippen molar-refractivity contribution in [2.45, 2.75) is 71.9 Å². The summed E-state index contributed by atoms with van der Waals surface area (Å²) >= 11 is 0. The van der Waals surface area contributed by atoms with Crippen molar-refractivity contribution >= 4 is 11.9 Å². The van der Waals surface area contributed by atoms with E-state index < -0.39 is 70.0 Å². The van der Waals surface area contributed by atoms with E-state index in [1.54, 1.807) is 0 Å². The molecule has 0 heterocycles. The molecule has 0 aromatic rings. The van der Waals surface area contributed by atoms with Gasteiger partial charge in [0.15, 0.2) is 0 Å². The summed E-state index contributed by atoms with van der Waals surface area (Å²) < 4.78 is 194. The summed E-state index contributed by atoms with van der Waals surface area (Å²) in [4.78, 5) is 19.2. The topological polar surface area (TPSA) is 115 Å². The van der Waals surface area contributed by atoms with Crippen LogP contribution in [-0.4, -0.2) is 90.4 Å². The van der Waals surface area contributed by atoms with Crippen LogP contribution in [0.5, 0.6) is 0 Å². The molecule has 0 aromatic heterocycles. The second-order valence-electron chi connectivity index (χ2n) is 8.36. The monoisotopic (exact) mass is 592 g/mol. The molecular weight excluding hydrogens is 578 g/mol. The van der Waals surface area contributed by atoms with Crippen molar-refractivity contribution in [3.05, 3.63) is 24.3 Å². The highest BCUT2D eigenvalue weighted by molar-refractivity contribution is 5.85. The second-order valence-corrected chi connectivity index (χ2v) is 8.36. The molecule has 4 aliphatic rings. The molecule has 0 saturated heterocycles. The number of halogens is 14. The Bertz CT molecular complexity index is 838. The molecular formula is C18H14F14O6. The highest BCUT2D eigenvalue weighted by atomic mass is 19.3. The van der Waals surface area contributed by atoms with Crippen molar-refractivity contribution in [1.82, 2.24) is 0 Å². The summed E-state index contributed by atoms with van der Waals surface area (Å²) in [6, 6.07) is 0. The van der Waals surface area contributed by atoms with Gasteiger partial charge in [0.05, 0.1) is 0 Å². The normalized spacial score (nSPS) is 39.0. The lowest BCUT2D eigenvalue weighted by Gasteiger charge is -2.74. The van der Waals surface area contributed by atoms with Crippen LogP contribution in [0, 0.1) is 0 Å². The van der Waals surface area contributed by atoms with Crippen LogP contribution in [0.15, 0.2) is 24.3 Å². The zero-order valence-corrected chi connectivity index (χ0v) is 18.3. The first-order valence-corrected chi connectivity index (χ1v) is 9.16. The minimum atomic E-state index is -7.75. The third kappa shape index (κ3) is 2.72. The molecule has 0 aromatic carbocycles. The van der Waals surface area contributed by atoms with Crippen molar-refractivity contribution in [2.24, 2.45) is 0 Å². The lowest BCUT2D eigenvalue weighted by molar-refractivity contribution is -0.624. The maximum Gasteiger partial charge on any atom is 0.339 e. The maximum atomic E-state index is 14.2. The van der Waals surface area contributed by atoms with E-state index in [4.69, 9.17) is 20.4 Å². The Hall–Kier alpha value is -2.64. The zero-order chi connectivity index (χ0) is 31.3. The van der Waals surface area contributed by atoms with Crippen LogP contribution in [0.3, 0.4) is 0 Å². The largest absolute Gasteiger partial charge is 0.478 e. The van der Waals surface area contributed by atoms with E-state index in [1.807, 2.05) is 0 Å². The third-order valence-corrected chi connectivity index (χ3v) is 6.05. The van der Waals surface area contributed by atoms with Crippen LogP contribution in [-0.2, 0) is 9.59 Å². The fourth-order valence-electron chi connectivity index (χ4n) is 3.86. The Morgan fingerprint density at radius 1 is 0.474 bits per heavy atom. The van der Waals surface area contributed by atoms with Crippen LogP contribution in [0.25, 0.3) is 0 Å². The Labute approximate surface area is 200 Å². The maximum absolute atomic E-state index is 14.2. The summed E-state index contributed by atoms with van der Waals surface area (Å²) in [7, 11) is 0. The van der Waals surface area contributed by atoms with Gasteiger partial charge >= 0.3 is 58.8 Å². The fraction of sp³-hybridized carbons (Fsp3) is 0.667. The van der Waals surface area contributed by atoms with E-state index in [0.29, 0.717) is 0 Å². The average Bonchev–Trinajstić information content (AvgIpc) is 2.73. The Morgan fingerprint density at radius 2 is 0.632 bits per heavy atom. The van der Waals surface area contributed by atoms with Crippen molar-refractivity contribution in [3.8, 4) is 0 Å². The molecule has 4 N–H and O–H groups in total. The van der Waals surface area contributed by atoms with Crippen LogP contribution in [0.1, 0.15) is 13.8 Å². The fourth-order valence-corrected chi connectivity index (χ4v) is 3.86. The summed E-state index contributed by atoms with van der Waals surface area (Å²) in [5.41, 5.74) is -29.2. The Kier molecular flexibility index (Phi) is 6.98. The number of carboxylic acid groups (broad SMARTS) is 2. The number of carbonyl (C=O) groups is 2. The van der Waals surface area contributed by atoms with Gasteiger partial charge in [0, 0.05) is 11.1 Å². The number of aliphatic hydroxyl groups is 2. The number of alkyl halides is 14.